The van der Waals surface area contributed by atoms with Crippen LogP contribution in [-0.4, -0.2) is 16.4 Å². The molecule has 0 aromatic carbocycles. The van der Waals surface area contributed by atoms with Gasteiger partial charge in [0.15, 0.2) is 0 Å². The Morgan fingerprint density at radius 2 is 1.33 bits per heavy atom. The van der Waals surface area contributed by atoms with Gasteiger partial charge in [-0.15, -0.1) is 0 Å². The molecule has 0 unspecified atom stereocenters. The van der Waals surface area contributed by atoms with Crippen molar-refractivity contribution in [3.05, 3.63) is 0 Å². The Balaban J connectivity index is 0. The summed E-state index contributed by atoms with van der Waals surface area (Å²) in [6, 6.07) is 0. The summed E-state index contributed by atoms with van der Waals surface area (Å²) in [5.41, 5.74) is 0. The SMILES string of the molecule is O=C(O)O.[O]=[V]. The zero-order chi connectivity index (χ0) is 5.58. The van der Waals surface area contributed by atoms with Gasteiger partial charge in [-0.25, -0.2) is 4.79 Å². The van der Waals surface area contributed by atoms with Gasteiger partial charge in [-0.05, 0) is 0 Å². The molecule has 0 fully saturated rings. The van der Waals surface area contributed by atoms with Gasteiger partial charge in [0.25, 0.3) is 0 Å². The van der Waals surface area contributed by atoms with Crippen molar-refractivity contribution in [2.45, 2.75) is 0 Å². The average molecular weight is 129 g/mol. The van der Waals surface area contributed by atoms with E-state index in [1.165, 1.54) is 0 Å². The van der Waals surface area contributed by atoms with Crippen LogP contribution in [0.5, 0.6) is 0 Å². The van der Waals surface area contributed by atoms with Crippen molar-refractivity contribution in [2.75, 3.05) is 0 Å². The van der Waals surface area contributed by atoms with Gasteiger partial charge in [0.1, 0.15) is 0 Å². The quantitative estimate of drug-likeness (QED) is 0.486. The third-order valence-corrected chi connectivity index (χ3v) is 0. The summed E-state index contributed by atoms with van der Waals surface area (Å²) in [5, 5.41) is 13.9. The van der Waals surface area contributed by atoms with Gasteiger partial charge in [-0.1, -0.05) is 0 Å². The maximum atomic E-state index is 8.56. The molecule has 0 aliphatic carbocycles. The van der Waals surface area contributed by atoms with Crippen LogP contribution >= 0.6 is 0 Å². The monoisotopic (exact) mass is 129 g/mol. The van der Waals surface area contributed by atoms with Gasteiger partial charge in [0.05, 0.1) is 0 Å². The van der Waals surface area contributed by atoms with Gasteiger partial charge in [-0.2, -0.15) is 0 Å². The molecule has 0 saturated carbocycles. The summed E-state index contributed by atoms with van der Waals surface area (Å²) in [4.78, 5) is 8.56. The number of carboxylic acid groups (broad SMARTS) is 2. The van der Waals surface area contributed by atoms with Crippen molar-refractivity contribution in [3.8, 4) is 0 Å². The van der Waals surface area contributed by atoms with Crippen LogP contribution in [0.25, 0.3) is 0 Å². The van der Waals surface area contributed by atoms with Crippen LogP contribution in [0.4, 0.5) is 4.79 Å². The Hall–Kier alpha value is -0.346. The molecule has 0 heterocycles. The summed E-state index contributed by atoms with van der Waals surface area (Å²) in [6.07, 6.45) is -1.83. The Morgan fingerprint density at radius 3 is 1.33 bits per heavy atom. The molecular weight excluding hydrogens is 127 g/mol. The van der Waals surface area contributed by atoms with Crippen LogP contribution in [0.2, 0.25) is 0 Å². The first-order valence-electron chi connectivity index (χ1n) is 0.834. The first-order valence-corrected chi connectivity index (χ1v) is 1.40. The van der Waals surface area contributed by atoms with E-state index in [0.717, 1.165) is 17.4 Å². The summed E-state index contributed by atoms with van der Waals surface area (Å²) in [7, 11) is 0. The van der Waals surface area contributed by atoms with Crippen molar-refractivity contribution in [1.82, 2.24) is 0 Å². The first kappa shape index (κ1) is 9.17. The van der Waals surface area contributed by atoms with Crippen molar-refractivity contribution >= 4 is 6.16 Å². The molecule has 5 heteroatoms. The minimum absolute atomic E-state index is 1.06. The molecule has 6 heavy (non-hydrogen) atoms. The molecule has 0 radical (unpaired) electrons. The summed E-state index contributed by atoms with van der Waals surface area (Å²) >= 11 is 1.06. The van der Waals surface area contributed by atoms with E-state index < -0.39 is 6.16 Å². The van der Waals surface area contributed by atoms with Gasteiger partial charge < -0.3 is 10.2 Å². The van der Waals surface area contributed by atoms with E-state index in [4.69, 9.17) is 18.7 Å². The Bertz CT molecular complexity index is 38.8. The number of carbonyl (C=O) groups is 1. The van der Waals surface area contributed by atoms with Crippen molar-refractivity contribution < 1.29 is 36.1 Å². The van der Waals surface area contributed by atoms with E-state index in [-0.39, 0.29) is 0 Å². The Morgan fingerprint density at radius 1 is 1.33 bits per heavy atom. The van der Waals surface area contributed by atoms with Crippen LogP contribution in [-0.2, 0) is 21.0 Å². The van der Waals surface area contributed by atoms with Crippen LogP contribution in [0.15, 0.2) is 0 Å². The molecule has 35 valence electrons. The molecule has 0 spiro atoms. The zero-order valence-corrected chi connectivity index (χ0v) is 4.05. The van der Waals surface area contributed by atoms with E-state index in [1.54, 1.807) is 0 Å². The van der Waals surface area contributed by atoms with Crippen molar-refractivity contribution in [1.29, 1.82) is 0 Å². The molecule has 0 bridgehead atoms. The average Bonchev–Trinajstić information content (AvgIpc) is 1.41. The number of hydrogen-bond acceptors (Lipinski definition) is 2. The molecule has 0 rings (SSSR count). The molecule has 0 aromatic heterocycles. The Labute approximate surface area is 43.0 Å². The van der Waals surface area contributed by atoms with Gasteiger partial charge in [0, 0.05) is 0 Å². The van der Waals surface area contributed by atoms with Gasteiger partial charge in [-0.3, -0.25) is 0 Å². The molecule has 0 aliphatic rings. The fraction of sp³-hybridized carbons (Fsp3) is 0. The molecular formula is CH2O4V. The fourth-order valence-electron chi connectivity index (χ4n) is 0. The van der Waals surface area contributed by atoms with Crippen molar-refractivity contribution in [3.63, 3.8) is 0 Å². The molecule has 0 atom stereocenters. The van der Waals surface area contributed by atoms with E-state index >= 15 is 0 Å². The van der Waals surface area contributed by atoms with Crippen LogP contribution in [0.1, 0.15) is 0 Å². The standard InChI is InChI=1S/CH2O3.O.V/c2-1(3)4;;/h(H2,2,3,4);;. The molecule has 0 saturated heterocycles. The first-order chi connectivity index (χ1) is 2.73. The second-order valence-electron chi connectivity index (χ2n) is 0.283. The third-order valence-electron chi connectivity index (χ3n) is 0. The summed E-state index contributed by atoms with van der Waals surface area (Å²) < 4.78 is 8.19. The predicted molar refractivity (Wildman–Crippen MR) is 11.3 cm³/mol. The van der Waals surface area contributed by atoms with E-state index in [1.807, 2.05) is 0 Å². The molecule has 0 aromatic rings. The fourth-order valence-corrected chi connectivity index (χ4v) is 0. The molecule has 0 aliphatic heterocycles. The zero-order valence-electron chi connectivity index (χ0n) is 2.66. The van der Waals surface area contributed by atoms with E-state index in [2.05, 4.69) is 0 Å². The van der Waals surface area contributed by atoms with Gasteiger partial charge >= 0.3 is 27.2 Å². The second-order valence-corrected chi connectivity index (χ2v) is 0.283. The molecule has 2 N–H and O–H groups in total. The van der Waals surface area contributed by atoms with Gasteiger partial charge in [0.2, 0.25) is 0 Å². The van der Waals surface area contributed by atoms with E-state index in [9.17, 15) is 0 Å². The minimum atomic E-state index is -1.83. The van der Waals surface area contributed by atoms with Crippen LogP contribution in [0.3, 0.4) is 0 Å². The topological polar surface area (TPSA) is 74.6 Å². The molecule has 4 nitrogen and oxygen atoms in total. The maximum absolute atomic E-state index is 8.56. The normalized spacial score (nSPS) is 4.50. The van der Waals surface area contributed by atoms with E-state index in [0.29, 0.717) is 0 Å². The number of hydrogen-bond donors (Lipinski definition) is 2. The number of rotatable bonds is 0. The third kappa shape index (κ3) is 216. The second kappa shape index (κ2) is 8.82. The van der Waals surface area contributed by atoms with Crippen LogP contribution < -0.4 is 0 Å². The predicted octanol–water partition coefficient (Wildman–Crippen LogP) is 0.101. The Kier molecular flexibility index (Phi) is 13.5. The summed E-state index contributed by atoms with van der Waals surface area (Å²) in [5.74, 6) is 0. The summed E-state index contributed by atoms with van der Waals surface area (Å²) in [6.45, 7) is 0. The van der Waals surface area contributed by atoms with Crippen molar-refractivity contribution in [2.24, 2.45) is 0 Å². The van der Waals surface area contributed by atoms with Crippen LogP contribution in [0, 0.1) is 0 Å². The molecule has 0 amide bonds.